The Balaban J connectivity index is 1.83. The summed E-state index contributed by atoms with van der Waals surface area (Å²) in [7, 11) is 5.35. The van der Waals surface area contributed by atoms with Crippen molar-refractivity contribution in [3.63, 3.8) is 0 Å². The highest BCUT2D eigenvalue weighted by atomic mass is 16.7. The molecule has 290 valence electrons. The summed E-state index contributed by atoms with van der Waals surface area (Å²) in [6.45, 7) is 18.0. The minimum absolute atomic E-state index is 0.174. The number of cyclic esters (lactones) is 1. The van der Waals surface area contributed by atoms with Crippen molar-refractivity contribution in [3.05, 3.63) is 11.3 Å². The first kappa shape index (κ1) is 41.4. The van der Waals surface area contributed by atoms with Crippen LogP contribution in [0.3, 0.4) is 0 Å². The molecule has 3 saturated heterocycles. The highest BCUT2D eigenvalue weighted by molar-refractivity contribution is 5.73. The van der Waals surface area contributed by atoms with Gasteiger partial charge in [-0.2, -0.15) is 0 Å². The van der Waals surface area contributed by atoms with Crippen LogP contribution in [0.5, 0.6) is 0 Å². The molecule has 13 heteroatoms. The van der Waals surface area contributed by atoms with Gasteiger partial charge in [0.1, 0.15) is 41.4 Å². The fraction of sp³-hybridized carbons (Fsp3) is 0.919. The number of methoxy groups -OCH3 is 1. The van der Waals surface area contributed by atoms with Gasteiger partial charge in [-0.05, 0) is 81.0 Å². The van der Waals surface area contributed by atoms with E-state index in [-0.39, 0.29) is 25.0 Å². The molecule has 4 heterocycles. The van der Waals surface area contributed by atoms with Gasteiger partial charge in [-0.3, -0.25) is 4.79 Å². The number of aliphatic hydroxyl groups excluding tert-OH is 3. The first-order valence-electron chi connectivity index (χ1n) is 18.3. The first-order chi connectivity index (χ1) is 23.1. The van der Waals surface area contributed by atoms with Crippen molar-refractivity contribution in [3.8, 4) is 0 Å². The van der Waals surface area contributed by atoms with Crippen LogP contribution < -0.4 is 0 Å². The largest absolute Gasteiger partial charge is 0.488 e. The van der Waals surface area contributed by atoms with Crippen LogP contribution in [-0.4, -0.2) is 137 Å². The van der Waals surface area contributed by atoms with Crippen LogP contribution in [0.1, 0.15) is 94.9 Å². The van der Waals surface area contributed by atoms with E-state index in [1.54, 1.807) is 27.7 Å². The van der Waals surface area contributed by atoms with Crippen LogP contribution in [0.2, 0.25) is 0 Å². The highest BCUT2D eigenvalue weighted by Crippen LogP contribution is 2.48. The normalized spacial score (nSPS) is 46.5. The van der Waals surface area contributed by atoms with E-state index in [0.717, 1.165) is 5.57 Å². The molecular formula is C37H65NO12. The van der Waals surface area contributed by atoms with Crippen LogP contribution in [-0.2, 0) is 38.0 Å². The van der Waals surface area contributed by atoms with Crippen molar-refractivity contribution in [2.24, 2.45) is 17.8 Å². The predicted molar refractivity (Wildman–Crippen MR) is 184 cm³/mol. The third kappa shape index (κ3) is 7.93. The van der Waals surface area contributed by atoms with Crippen molar-refractivity contribution in [1.29, 1.82) is 0 Å². The quantitative estimate of drug-likeness (QED) is 0.258. The lowest BCUT2D eigenvalue weighted by atomic mass is 9.78. The summed E-state index contributed by atoms with van der Waals surface area (Å²) in [5.74, 6) is -2.26. The molecule has 2 bridgehead atoms. The second kappa shape index (κ2) is 15.5. The van der Waals surface area contributed by atoms with Crippen molar-refractivity contribution in [1.82, 2.24) is 4.90 Å². The fourth-order valence-corrected chi connectivity index (χ4v) is 8.73. The zero-order valence-electron chi connectivity index (χ0n) is 32.4. The van der Waals surface area contributed by atoms with Gasteiger partial charge in [0.2, 0.25) is 0 Å². The lowest BCUT2D eigenvalue weighted by Gasteiger charge is -2.48. The topological polar surface area (TPSA) is 166 Å². The monoisotopic (exact) mass is 715 g/mol. The number of esters is 1. The van der Waals surface area contributed by atoms with Crippen molar-refractivity contribution in [2.45, 2.75) is 179 Å². The maximum atomic E-state index is 14.3. The van der Waals surface area contributed by atoms with E-state index in [9.17, 15) is 25.2 Å². The molecule has 4 rings (SSSR count). The molecule has 0 amide bonds. The van der Waals surface area contributed by atoms with E-state index in [0.29, 0.717) is 18.6 Å². The maximum absolute atomic E-state index is 14.3. The van der Waals surface area contributed by atoms with Crippen molar-refractivity contribution >= 4 is 5.97 Å². The number of nitrogens with zero attached hydrogens (tertiary/aromatic N) is 1. The highest BCUT2D eigenvalue weighted by Gasteiger charge is 2.57. The van der Waals surface area contributed by atoms with Crippen LogP contribution >= 0.6 is 0 Å². The van der Waals surface area contributed by atoms with Crippen molar-refractivity contribution in [2.75, 3.05) is 21.2 Å². The second-order valence-corrected chi connectivity index (χ2v) is 16.3. The first-order valence-corrected chi connectivity index (χ1v) is 18.3. The number of ether oxygens (including phenoxy) is 7. The van der Waals surface area contributed by atoms with Gasteiger partial charge >= 0.3 is 5.97 Å². The minimum atomic E-state index is -1.82. The number of likely N-dealkylation sites (N-methyl/N-ethyl adjacent to an activating group) is 1. The van der Waals surface area contributed by atoms with Gasteiger partial charge in [0.25, 0.3) is 0 Å². The summed E-state index contributed by atoms with van der Waals surface area (Å²) in [5, 5.41) is 45.2. The number of carbonyl (C=O) groups excluding carboxylic acids is 1. The van der Waals surface area contributed by atoms with E-state index in [1.165, 1.54) is 14.0 Å². The molecule has 50 heavy (non-hydrogen) atoms. The van der Waals surface area contributed by atoms with Gasteiger partial charge in [0.15, 0.2) is 12.6 Å². The molecule has 3 unspecified atom stereocenters. The van der Waals surface area contributed by atoms with Gasteiger partial charge in [0.05, 0.1) is 41.9 Å². The zero-order valence-corrected chi connectivity index (χ0v) is 32.4. The molecule has 0 aromatic heterocycles. The average Bonchev–Trinajstić information content (AvgIpc) is 3.36. The van der Waals surface area contributed by atoms with Crippen LogP contribution in [0.25, 0.3) is 0 Å². The minimum Gasteiger partial charge on any atom is -0.488 e. The summed E-state index contributed by atoms with van der Waals surface area (Å²) >= 11 is 0. The molecular weight excluding hydrogens is 650 g/mol. The van der Waals surface area contributed by atoms with E-state index in [1.807, 2.05) is 53.6 Å². The van der Waals surface area contributed by atoms with Gasteiger partial charge in [-0.25, -0.2) is 0 Å². The van der Waals surface area contributed by atoms with E-state index >= 15 is 0 Å². The van der Waals surface area contributed by atoms with E-state index in [2.05, 4.69) is 0 Å². The Morgan fingerprint density at radius 2 is 1.70 bits per heavy atom. The molecule has 0 aromatic rings. The zero-order chi connectivity index (χ0) is 37.7. The Labute approximate surface area is 298 Å². The Morgan fingerprint density at radius 3 is 2.28 bits per heavy atom. The van der Waals surface area contributed by atoms with Crippen molar-refractivity contribution < 1.29 is 58.4 Å². The molecule has 4 aliphatic heterocycles. The predicted octanol–water partition coefficient (Wildman–Crippen LogP) is 2.89. The Kier molecular flexibility index (Phi) is 12.8. The molecule has 0 aliphatic carbocycles. The molecule has 0 saturated carbocycles. The summed E-state index contributed by atoms with van der Waals surface area (Å²) < 4.78 is 44.8. The van der Waals surface area contributed by atoms with Gasteiger partial charge in [-0.15, -0.1) is 0 Å². The molecule has 0 spiro atoms. The molecule has 3 fully saturated rings. The number of fused-ring (bicyclic) bond motifs is 2. The van der Waals surface area contributed by atoms with Crippen LogP contribution in [0.4, 0.5) is 0 Å². The van der Waals surface area contributed by atoms with Crippen LogP contribution in [0.15, 0.2) is 11.3 Å². The molecule has 0 radical (unpaired) electrons. The summed E-state index contributed by atoms with van der Waals surface area (Å²) in [6, 6.07) is -0.223. The van der Waals surface area contributed by atoms with E-state index < -0.39 is 95.8 Å². The molecule has 17 atom stereocenters. The Bertz CT molecular complexity index is 1210. The van der Waals surface area contributed by atoms with Gasteiger partial charge in [-0.1, -0.05) is 20.8 Å². The summed E-state index contributed by atoms with van der Waals surface area (Å²) in [5.41, 5.74) is -2.95. The van der Waals surface area contributed by atoms with Gasteiger partial charge in [0, 0.05) is 31.9 Å². The number of hydrogen-bond acceptors (Lipinski definition) is 13. The Hall–Kier alpha value is -1.39. The summed E-state index contributed by atoms with van der Waals surface area (Å²) in [4.78, 5) is 16.2. The average molecular weight is 716 g/mol. The SMILES string of the molecule is CC[C@@H](O)[C@@](C)(O)[C@@H]1OC(=O)[C@H](C)[C@@H](OC2C[C@@](C)(OC)[C@@H](O)[C@H](C)O2)[C@H](C)[C@@H](OC2O[C@H](C)C[C@H](N(C)C)[C@H]2O)C2(C)CC(C)=C(O2)[C@@H]1C. The smallest absolute Gasteiger partial charge is 0.311 e. The third-order valence-corrected chi connectivity index (χ3v) is 11.9. The second-order valence-electron chi connectivity index (χ2n) is 16.3. The lowest BCUT2D eigenvalue weighted by Crippen LogP contribution is -2.60. The molecule has 0 aromatic carbocycles. The number of rotatable bonds is 9. The number of hydrogen-bond donors (Lipinski definition) is 4. The number of aliphatic hydroxyl groups is 4. The number of carbonyl (C=O) groups is 1. The van der Waals surface area contributed by atoms with Crippen LogP contribution in [0, 0.1) is 17.8 Å². The molecule has 4 aliphatic rings. The maximum Gasteiger partial charge on any atom is 0.311 e. The molecule has 4 N–H and O–H groups in total. The van der Waals surface area contributed by atoms with Gasteiger partial charge < -0.3 is 58.5 Å². The third-order valence-electron chi connectivity index (χ3n) is 11.9. The molecule has 13 nitrogen and oxygen atoms in total. The summed E-state index contributed by atoms with van der Waals surface area (Å²) in [6.07, 6.45) is -7.24. The standard InChI is InChI=1S/C37H65NO12/c1-14-25(39)37(10,43)32-20(4)28-18(2)16-36(9,50-28)31(49-34-27(40)24(38(11)12)15-19(3)45-34)21(5)29(22(6)33(42)48-32)47-26-17-35(8,44-13)30(41)23(7)46-26/h19-27,29-32,34,39-41,43H,14-17H2,1-13H3/t19-,20+,21+,22-,23+,24+,25-,26?,27-,29+,30+,31-,32-,34?,35-,36?,37-/m1/s1. The lowest BCUT2D eigenvalue weighted by molar-refractivity contribution is -0.316. The Morgan fingerprint density at radius 1 is 1.06 bits per heavy atom. The fourth-order valence-electron chi connectivity index (χ4n) is 8.73. The van der Waals surface area contributed by atoms with E-state index in [4.69, 9.17) is 33.2 Å².